The van der Waals surface area contributed by atoms with Crippen LogP contribution < -0.4 is 24.8 Å². The van der Waals surface area contributed by atoms with Gasteiger partial charge >= 0.3 is 0 Å². The lowest BCUT2D eigenvalue weighted by atomic mass is 10.0. The van der Waals surface area contributed by atoms with E-state index in [9.17, 15) is 4.79 Å². The molecule has 5 aromatic rings. The van der Waals surface area contributed by atoms with Crippen molar-refractivity contribution in [2.75, 3.05) is 38.4 Å². The molecule has 1 aliphatic rings. The molecule has 0 bridgehead atoms. The summed E-state index contributed by atoms with van der Waals surface area (Å²) in [5.74, 6) is 0.787. The van der Waals surface area contributed by atoms with Crippen molar-refractivity contribution in [3.63, 3.8) is 0 Å². The summed E-state index contributed by atoms with van der Waals surface area (Å²) in [6, 6.07) is 10.5. The molecule has 2 aromatic carbocycles. The number of ether oxygens (including phenoxy) is 3. The summed E-state index contributed by atoms with van der Waals surface area (Å²) in [5, 5.41) is 10.7. The second kappa shape index (κ2) is 12.7. The predicted octanol–water partition coefficient (Wildman–Crippen LogP) is 5.81. The molecule has 1 aliphatic heterocycles. The molecule has 6 rings (SSSR count). The Hall–Kier alpha value is -5.30. The largest absolute Gasteiger partial charge is 0.494 e. The van der Waals surface area contributed by atoms with E-state index in [0.717, 1.165) is 31.4 Å². The molecule has 2 N–H and O–H groups in total. The Morgan fingerprint density at radius 3 is 2.62 bits per heavy atom. The zero-order chi connectivity index (χ0) is 31.5. The lowest BCUT2D eigenvalue weighted by Crippen LogP contribution is -2.35. The van der Waals surface area contributed by atoms with Gasteiger partial charge in [-0.1, -0.05) is 6.42 Å². The van der Waals surface area contributed by atoms with Crippen LogP contribution in [0.25, 0.3) is 16.6 Å². The van der Waals surface area contributed by atoms with Gasteiger partial charge in [-0.3, -0.25) is 9.69 Å². The highest BCUT2D eigenvalue weighted by atomic mass is 19.1. The minimum atomic E-state index is -0.853. The van der Waals surface area contributed by atoms with Crippen molar-refractivity contribution in [1.29, 1.82) is 0 Å². The van der Waals surface area contributed by atoms with Gasteiger partial charge in [-0.15, -0.1) is 0 Å². The number of piperidine rings is 1. The summed E-state index contributed by atoms with van der Waals surface area (Å²) in [6.45, 7) is 2.78. The van der Waals surface area contributed by atoms with E-state index in [0.29, 0.717) is 51.1 Å². The number of aromatic nitrogens is 5. The van der Waals surface area contributed by atoms with E-state index in [-0.39, 0.29) is 11.7 Å². The third-order valence-electron chi connectivity index (χ3n) is 7.82. The number of amides is 1. The zero-order valence-corrected chi connectivity index (χ0v) is 25.4. The number of benzene rings is 2. The number of aryl methyl sites for hydroxylation is 1. The van der Waals surface area contributed by atoms with Crippen LogP contribution in [0.3, 0.4) is 0 Å². The number of fused-ring (bicyclic) bond motifs is 2. The van der Waals surface area contributed by atoms with Crippen LogP contribution in [0.1, 0.15) is 24.8 Å². The standard InChI is InChI=1S/C32H33FN8O4/c1-19-11-25(29(44-4)16-27(19)45-21-8-10-41-30(13-21)35-18-37-41)38-31-22-14-26(28(43-3)15-24(22)34-17-36-31)39-32(42)23(33)12-20-7-5-6-9-40(20)2/h8,10-18,20H,5-7,9H2,1-4H3,(H,39,42)(H,34,36,38)/b23-12-. The summed E-state index contributed by atoms with van der Waals surface area (Å²) in [5.41, 5.74) is 2.96. The number of anilines is 3. The summed E-state index contributed by atoms with van der Waals surface area (Å²) in [4.78, 5) is 28.0. The Balaban J connectivity index is 1.28. The average molecular weight is 613 g/mol. The molecule has 0 radical (unpaired) electrons. The van der Waals surface area contributed by atoms with E-state index in [4.69, 9.17) is 14.2 Å². The normalized spacial score (nSPS) is 15.7. The Morgan fingerprint density at radius 2 is 1.82 bits per heavy atom. The average Bonchev–Trinajstić information content (AvgIpc) is 3.51. The first-order valence-corrected chi connectivity index (χ1v) is 14.5. The van der Waals surface area contributed by atoms with E-state index in [1.54, 1.807) is 48.2 Å². The quantitative estimate of drug-likeness (QED) is 0.197. The topological polar surface area (TPSA) is 128 Å². The van der Waals surface area contributed by atoms with Gasteiger partial charge in [-0.25, -0.2) is 23.9 Å². The van der Waals surface area contributed by atoms with Crippen molar-refractivity contribution < 1.29 is 23.4 Å². The fourth-order valence-corrected chi connectivity index (χ4v) is 5.35. The monoisotopic (exact) mass is 612 g/mol. The summed E-state index contributed by atoms with van der Waals surface area (Å²) < 4.78 is 34.0. The number of pyridine rings is 1. The molecule has 4 heterocycles. The fraction of sp³-hybridized carbons (Fsp3) is 0.281. The Kier molecular flexibility index (Phi) is 8.43. The van der Waals surface area contributed by atoms with E-state index in [1.807, 2.05) is 20.0 Å². The Labute approximate surface area is 258 Å². The van der Waals surface area contributed by atoms with Crippen LogP contribution >= 0.6 is 0 Å². The predicted molar refractivity (Wildman–Crippen MR) is 168 cm³/mol. The number of likely N-dealkylation sites (tertiary alicyclic amines) is 1. The molecule has 0 saturated carbocycles. The number of likely N-dealkylation sites (N-methyl/N-ethyl adjacent to an activating group) is 1. The molecule has 12 nitrogen and oxygen atoms in total. The van der Waals surface area contributed by atoms with Gasteiger partial charge in [0.15, 0.2) is 11.5 Å². The van der Waals surface area contributed by atoms with Crippen LogP contribution in [0, 0.1) is 6.92 Å². The maximum atomic E-state index is 15.0. The summed E-state index contributed by atoms with van der Waals surface area (Å²) >= 11 is 0. The first-order chi connectivity index (χ1) is 21.8. The van der Waals surface area contributed by atoms with Crippen LogP contribution in [0.2, 0.25) is 0 Å². The Morgan fingerprint density at radius 1 is 1.00 bits per heavy atom. The summed E-state index contributed by atoms with van der Waals surface area (Å²) in [7, 11) is 4.97. The molecule has 1 unspecified atom stereocenters. The molecule has 1 atom stereocenters. The van der Waals surface area contributed by atoms with E-state index in [2.05, 4.69) is 35.6 Å². The number of carbonyl (C=O) groups excluding carboxylic acids is 1. The number of methoxy groups -OCH3 is 2. The molecule has 0 spiro atoms. The lowest BCUT2D eigenvalue weighted by molar-refractivity contribution is -0.114. The minimum absolute atomic E-state index is 0.125. The molecule has 1 saturated heterocycles. The van der Waals surface area contributed by atoms with Gasteiger partial charge in [0.25, 0.3) is 5.91 Å². The molecule has 13 heteroatoms. The van der Waals surface area contributed by atoms with Crippen molar-refractivity contribution in [3.8, 4) is 23.0 Å². The summed E-state index contributed by atoms with van der Waals surface area (Å²) in [6.07, 6.45) is 8.91. The molecular weight excluding hydrogens is 579 g/mol. The van der Waals surface area contributed by atoms with Crippen molar-refractivity contribution in [2.24, 2.45) is 0 Å². The van der Waals surface area contributed by atoms with Crippen LogP contribution in [0.4, 0.5) is 21.6 Å². The highest BCUT2D eigenvalue weighted by Crippen LogP contribution is 2.39. The maximum Gasteiger partial charge on any atom is 0.284 e. The third-order valence-corrected chi connectivity index (χ3v) is 7.82. The minimum Gasteiger partial charge on any atom is -0.494 e. The second-order valence-electron chi connectivity index (χ2n) is 10.8. The smallest absolute Gasteiger partial charge is 0.284 e. The van der Waals surface area contributed by atoms with Gasteiger partial charge < -0.3 is 24.8 Å². The van der Waals surface area contributed by atoms with Gasteiger partial charge in [0, 0.05) is 35.8 Å². The molecule has 232 valence electrons. The molecule has 1 amide bonds. The number of hydrogen-bond acceptors (Lipinski definition) is 10. The van der Waals surface area contributed by atoms with Gasteiger partial charge in [0.05, 0.1) is 31.1 Å². The van der Waals surface area contributed by atoms with Gasteiger partial charge in [-0.2, -0.15) is 5.10 Å². The first-order valence-electron chi connectivity index (χ1n) is 14.5. The SMILES string of the molecule is COc1cc2ncnc(Nc3cc(C)c(Oc4ccn5ncnc5c4)cc3OC)c2cc1NC(=O)/C(F)=C/C1CCCCN1C. The van der Waals surface area contributed by atoms with Gasteiger partial charge in [-0.05, 0) is 63.2 Å². The van der Waals surface area contributed by atoms with E-state index in [1.165, 1.54) is 25.8 Å². The molecule has 3 aromatic heterocycles. The fourth-order valence-electron chi connectivity index (χ4n) is 5.35. The maximum absolute atomic E-state index is 15.0. The van der Waals surface area contributed by atoms with Crippen molar-refractivity contribution >= 4 is 39.6 Å². The number of carbonyl (C=O) groups is 1. The van der Waals surface area contributed by atoms with Crippen LogP contribution in [-0.2, 0) is 4.79 Å². The number of nitrogens with one attached hydrogen (secondary N) is 2. The number of halogens is 1. The highest BCUT2D eigenvalue weighted by Gasteiger charge is 2.21. The van der Waals surface area contributed by atoms with Crippen LogP contribution in [0.15, 0.2) is 67.2 Å². The van der Waals surface area contributed by atoms with Crippen LogP contribution in [-0.4, -0.2) is 69.2 Å². The number of rotatable bonds is 9. The Bertz CT molecular complexity index is 1910. The second-order valence-corrected chi connectivity index (χ2v) is 10.8. The van der Waals surface area contributed by atoms with Gasteiger partial charge in [0.2, 0.25) is 0 Å². The number of hydrogen-bond donors (Lipinski definition) is 2. The number of nitrogens with zero attached hydrogens (tertiary/aromatic N) is 6. The van der Waals surface area contributed by atoms with Gasteiger partial charge in [0.1, 0.15) is 41.5 Å². The molecular formula is C32H33FN8O4. The molecule has 45 heavy (non-hydrogen) atoms. The van der Waals surface area contributed by atoms with E-state index < -0.39 is 11.7 Å². The van der Waals surface area contributed by atoms with E-state index >= 15 is 4.39 Å². The third kappa shape index (κ3) is 6.34. The molecule has 0 aliphatic carbocycles. The highest BCUT2D eigenvalue weighted by molar-refractivity contribution is 6.05. The zero-order valence-electron chi connectivity index (χ0n) is 25.4. The molecule has 1 fully saturated rings. The van der Waals surface area contributed by atoms with Crippen molar-refractivity contribution in [3.05, 3.63) is 72.7 Å². The van der Waals surface area contributed by atoms with Crippen molar-refractivity contribution in [1.82, 2.24) is 29.5 Å². The lowest BCUT2D eigenvalue weighted by Gasteiger charge is -2.30. The first kappa shape index (κ1) is 29.8. The van der Waals surface area contributed by atoms with Crippen LogP contribution in [0.5, 0.6) is 23.0 Å². The van der Waals surface area contributed by atoms with Crippen molar-refractivity contribution in [2.45, 2.75) is 32.2 Å².